The van der Waals surface area contributed by atoms with Crippen LogP contribution in [0.3, 0.4) is 0 Å². The van der Waals surface area contributed by atoms with Crippen LogP contribution in [0.5, 0.6) is 11.5 Å². The van der Waals surface area contributed by atoms with Gasteiger partial charge in [0, 0.05) is 18.4 Å². The molecule has 19 heavy (non-hydrogen) atoms. The van der Waals surface area contributed by atoms with Gasteiger partial charge < -0.3 is 20.8 Å². The van der Waals surface area contributed by atoms with Crippen molar-refractivity contribution in [2.75, 3.05) is 17.7 Å². The van der Waals surface area contributed by atoms with Gasteiger partial charge in [0.05, 0.1) is 5.56 Å². The molecule has 0 atom stereocenters. The molecule has 5 heteroatoms. The predicted molar refractivity (Wildman–Crippen MR) is 73.4 cm³/mol. The van der Waals surface area contributed by atoms with Gasteiger partial charge in [0.25, 0.3) is 5.91 Å². The number of nitrogens with zero attached hydrogens (tertiary/aromatic N) is 1. The molecule has 0 aliphatic rings. The van der Waals surface area contributed by atoms with Crippen LogP contribution in [0, 0.1) is 0 Å². The van der Waals surface area contributed by atoms with Crippen molar-refractivity contribution in [2.45, 2.75) is 0 Å². The summed E-state index contributed by atoms with van der Waals surface area (Å²) in [4.78, 5) is 13.6. The Morgan fingerprint density at radius 3 is 2.53 bits per heavy atom. The number of hydrogen-bond acceptors (Lipinski definition) is 4. The van der Waals surface area contributed by atoms with E-state index >= 15 is 0 Å². The minimum Gasteiger partial charge on any atom is -0.504 e. The molecule has 0 radical (unpaired) electrons. The third-order valence-electron chi connectivity index (χ3n) is 2.81. The summed E-state index contributed by atoms with van der Waals surface area (Å²) < 4.78 is 0. The smallest absolute Gasteiger partial charge is 0.261 e. The van der Waals surface area contributed by atoms with Crippen molar-refractivity contribution >= 4 is 17.3 Å². The minimum atomic E-state index is -0.431. The molecule has 0 unspecified atom stereocenters. The number of phenols is 2. The molecule has 2 aromatic rings. The van der Waals surface area contributed by atoms with Crippen molar-refractivity contribution < 1.29 is 15.0 Å². The zero-order chi connectivity index (χ0) is 14.0. The van der Waals surface area contributed by atoms with E-state index in [4.69, 9.17) is 5.73 Å². The Morgan fingerprint density at radius 2 is 1.84 bits per heavy atom. The SMILES string of the molecule is CN(C(=O)c1cccc(O)c1O)c1cccc(N)c1. The van der Waals surface area contributed by atoms with Crippen molar-refractivity contribution in [1.82, 2.24) is 0 Å². The molecule has 0 heterocycles. The number of nitrogens with two attached hydrogens (primary N) is 1. The van der Waals surface area contributed by atoms with Gasteiger partial charge in [-0.25, -0.2) is 0 Å². The summed E-state index contributed by atoms with van der Waals surface area (Å²) in [6.07, 6.45) is 0. The molecule has 0 aliphatic heterocycles. The zero-order valence-corrected chi connectivity index (χ0v) is 10.4. The van der Waals surface area contributed by atoms with E-state index < -0.39 is 11.7 Å². The second-order valence-electron chi connectivity index (χ2n) is 4.13. The van der Waals surface area contributed by atoms with Crippen LogP contribution in [-0.4, -0.2) is 23.2 Å². The van der Waals surface area contributed by atoms with Crippen molar-refractivity contribution in [2.24, 2.45) is 0 Å². The molecule has 0 bridgehead atoms. The summed E-state index contributed by atoms with van der Waals surface area (Å²) in [5.74, 6) is -1.19. The second kappa shape index (κ2) is 4.89. The Bertz CT molecular complexity index is 626. The first-order valence-electron chi connectivity index (χ1n) is 5.65. The summed E-state index contributed by atoms with van der Waals surface area (Å²) in [5.41, 5.74) is 6.84. The summed E-state index contributed by atoms with van der Waals surface area (Å²) in [5, 5.41) is 19.1. The molecule has 1 amide bonds. The number of anilines is 2. The van der Waals surface area contributed by atoms with Gasteiger partial charge in [-0.15, -0.1) is 0 Å². The van der Waals surface area contributed by atoms with Crippen molar-refractivity contribution in [3.63, 3.8) is 0 Å². The molecule has 0 saturated carbocycles. The molecule has 98 valence electrons. The largest absolute Gasteiger partial charge is 0.504 e. The number of aromatic hydroxyl groups is 2. The van der Waals surface area contributed by atoms with Crippen LogP contribution in [-0.2, 0) is 0 Å². The lowest BCUT2D eigenvalue weighted by molar-refractivity contribution is 0.0990. The highest BCUT2D eigenvalue weighted by molar-refractivity contribution is 6.08. The normalized spacial score (nSPS) is 10.2. The summed E-state index contributed by atoms with van der Waals surface area (Å²) in [7, 11) is 1.57. The minimum absolute atomic E-state index is 0.0323. The number of amides is 1. The Morgan fingerprint density at radius 1 is 1.16 bits per heavy atom. The third kappa shape index (κ3) is 2.44. The van der Waals surface area contributed by atoms with Gasteiger partial charge in [-0.3, -0.25) is 4.79 Å². The average molecular weight is 258 g/mol. The Balaban J connectivity index is 2.36. The quantitative estimate of drug-likeness (QED) is 0.567. The number of carbonyl (C=O) groups excluding carboxylic acids is 1. The topological polar surface area (TPSA) is 86.8 Å². The molecule has 2 rings (SSSR count). The van der Waals surface area contributed by atoms with Crippen LogP contribution in [0.2, 0.25) is 0 Å². The molecule has 0 aromatic heterocycles. The molecule has 0 aliphatic carbocycles. The van der Waals surface area contributed by atoms with Crippen molar-refractivity contribution in [3.8, 4) is 11.5 Å². The molecule has 0 fully saturated rings. The van der Waals surface area contributed by atoms with Crippen LogP contribution >= 0.6 is 0 Å². The van der Waals surface area contributed by atoms with Gasteiger partial charge in [-0.2, -0.15) is 0 Å². The number of benzene rings is 2. The van der Waals surface area contributed by atoms with E-state index in [1.807, 2.05) is 0 Å². The highest BCUT2D eigenvalue weighted by Gasteiger charge is 2.18. The first-order chi connectivity index (χ1) is 9.00. The summed E-state index contributed by atoms with van der Waals surface area (Å²) in [6.45, 7) is 0. The van der Waals surface area contributed by atoms with E-state index in [2.05, 4.69) is 0 Å². The predicted octanol–water partition coefficient (Wildman–Crippen LogP) is 1.96. The zero-order valence-electron chi connectivity index (χ0n) is 10.4. The number of para-hydroxylation sites is 1. The van der Waals surface area contributed by atoms with Crippen LogP contribution in [0.4, 0.5) is 11.4 Å². The average Bonchev–Trinajstić information content (AvgIpc) is 2.40. The van der Waals surface area contributed by atoms with Crippen molar-refractivity contribution in [3.05, 3.63) is 48.0 Å². The highest BCUT2D eigenvalue weighted by Crippen LogP contribution is 2.30. The van der Waals surface area contributed by atoms with E-state index in [9.17, 15) is 15.0 Å². The number of rotatable bonds is 2. The first kappa shape index (κ1) is 12.8. The fraction of sp³-hybridized carbons (Fsp3) is 0.0714. The number of phenolic OH excluding ortho intramolecular Hbond substituents is 2. The summed E-state index contributed by atoms with van der Waals surface area (Å²) in [6, 6.07) is 11.1. The highest BCUT2D eigenvalue weighted by atomic mass is 16.3. The maximum Gasteiger partial charge on any atom is 0.261 e. The van der Waals surface area contributed by atoms with Crippen molar-refractivity contribution in [1.29, 1.82) is 0 Å². The van der Waals surface area contributed by atoms with Crippen LogP contribution < -0.4 is 10.6 Å². The number of nitrogen functional groups attached to an aromatic ring is 1. The van der Waals surface area contributed by atoms with Gasteiger partial charge in [0.2, 0.25) is 0 Å². The first-order valence-corrected chi connectivity index (χ1v) is 5.65. The van der Waals surface area contributed by atoms with Gasteiger partial charge in [0.15, 0.2) is 11.5 Å². The van der Waals surface area contributed by atoms with Crippen LogP contribution in [0.1, 0.15) is 10.4 Å². The lowest BCUT2D eigenvalue weighted by Gasteiger charge is -2.18. The molecule has 5 nitrogen and oxygen atoms in total. The van der Waals surface area contributed by atoms with Gasteiger partial charge in [0.1, 0.15) is 0 Å². The Hall–Kier alpha value is -2.69. The fourth-order valence-corrected chi connectivity index (χ4v) is 1.74. The molecule has 2 aromatic carbocycles. The Kier molecular flexibility index (Phi) is 3.29. The van der Waals surface area contributed by atoms with E-state index in [0.717, 1.165) is 0 Å². The van der Waals surface area contributed by atoms with Gasteiger partial charge in [-0.05, 0) is 30.3 Å². The van der Waals surface area contributed by atoms with E-state index in [0.29, 0.717) is 11.4 Å². The van der Waals surface area contributed by atoms with E-state index in [1.165, 1.54) is 23.1 Å². The maximum absolute atomic E-state index is 12.2. The van der Waals surface area contributed by atoms with Crippen LogP contribution in [0.15, 0.2) is 42.5 Å². The molecular weight excluding hydrogens is 244 g/mol. The number of carbonyl (C=O) groups is 1. The van der Waals surface area contributed by atoms with E-state index in [-0.39, 0.29) is 11.3 Å². The lowest BCUT2D eigenvalue weighted by Crippen LogP contribution is -2.26. The fourth-order valence-electron chi connectivity index (χ4n) is 1.74. The summed E-state index contributed by atoms with van der Waals surface area (Å²) >= 11 is 0. The lowest BCUT2D eigenvalue weighted by atomic mass is 10.1. The van der Waals surface area contributed by atoms with E-state index in [1.54, 1.807) is 31.3 Å². The molecule has 4 N–H and O–H groups in total. The van der Waals surface area contributed by atoms with Crippen LogP contribution in [0.25, 0.3) is 0 Å². The maximum atomic E-state index is 12.2. The third-order valence-corrected chi connectivity index (χ3v) is 2.81. The second-order valence-corrected chi connectivity index (χ2v) is 4.13. The standard InChI is InChI=1S/C14H14N2O3/c1-16(10-5-2-4-9(15)8-10)14(19)11-6-3-7-12(17)13(11)18/h2-8,17-18H,15H2,1H3. The van der Waals surface area contributed by atoms with Gasteiger partial charge in [-0.1, -0.05) is 12.1 Å². The molecule has 0 spiro atoms. The Labute approximate surface area is 110 Å². The number of hydrogen-bond donors (Lipinski definition) is 3. The molecular formula is C14H14N2O3. The van der Waals surface area contributed by atoms with Gasteiger partial charge >= 0.3 is 0 Å². The monoisotopic (exact) mass is 258 g/mol. The molecule has 0 saturated heterocycles.